The van der Waals surface area contributed by atoms with Crippen LogP contribution in [0, 0.1) is 11.8 Å². The average molecular weight is 639 g/mol. The first-order valence-electron chi connectivity index (χ1n) is 18.2. The molecule has 0 aliphatic heterocycles. The maximum Gasteiger partial charge on any atom is 0.310 e. The molecule has 0 bridgehead atoms. The van der Waals surface area contributed by atoms with Crippen molar-refractivity contribution >= 4 is 11.9 Å². The molecule has 0 aromatic rings. The molecule has 8 heteroatoms. The molecule has 1 rings (SSSR count). The topological polar surface area (TPSA) is 134 Å². The predicted molar refractivity (Wildman–Crippen MR) is 180 cm³/mol. The van der Waals surface area contributed by atoms with E-state index < -0.39 is 37.0 Å². The van der Waals surface area contributed by atoms with Crippen LogP contribution in [0.4, 0.5) is 0 Å². The third-order valence-electron chi connectivity index (χ3n) is 8.85. The van der Waals surface area contributed by atoms with Crippen LogP contribution >= 0.6 is 0 Å². The second-order valence-electron chi connectivity index (χ2n) is 12.9. The van der Waals surface area contributed by atoms with E-state index in [0.717, 1.165) is 38.5 Å². The molecule has 0 aromatic heterocycles. The second-order valence-corrected chi connectivity index (χ2v) is 12.9. The van der Waals surface area contributed by atoms with E-state index in [2.05, 4.69) is 13.8 Å². The van der Waals surface area contributed by atoms with Gasteiger partial charge in [0.2, 0.25) is 0 Å². The van der Waals surface area contributed by atoms with E-state index in [9.17, 15) is 30.0 Å². The molecule has 4 N–H and O–H groups in total. The van der Waals surface area contributed by atoms with Crippen LogP contribution in [0.2, 0.25) is 0 Å². The Hall–Kier alpha value is -1.74. The largest absolute Gasteiger partial charge is 0.462 e. The van der Waals surface area contributed by atoms with E-state index in [0.29, 0.717) is 19.3 Å². The average Bonchev–Trinajstić information content (AvgIpc) is 3.29. The molecule has 45 heavy (non-hydrogen) atoms. The van der Waals surface area contributed by atoms with Crippen LogP contribution in [0.3, 0.4) is 0 Å². The van der Waals surface area contributed by atoms with E-state index in [1.165, 1.54) is 64.2 Å². The minimum Gasteiger partial charge on any atom is -0.462 e. The summed E-state index contributed by atoms with van der Waals surface area (Å²) in [6.07, 6.45) is 25.0. The molecule has 1 aliphatic carbocycles. The van der Waals surface area contributed by atoms with Gasteiger partial charge in [0.1, 0.15) is 6.61 Å². The SMILES string of the molecule is CCCCCCCCCCCCCCCC(=O)OC[C@H](CO)OC(=O)C/C=C\C[C@H]1[C@@H](/C=C/[C@H](O)CCCCC)[C@H](O)C[C@@H]1O. The summed E-state index contributed by atoms with van der Waals surface area (Å²) < 4.78 is 10.5. The summed E-state index contributed by atoms with van der Waals surface area (Å²) in [5.41, 5.74) is 0. The number of unbranched alkanes of at least 4 members (excludes halogenated alkanes) is 14. The molecule has 0 heterocycles. The van der Waals surface area contributed by atoms with E-state index in [-0.39, 0.29) is 37.3 Å². The Labute approximate surface area is 273 Å². The Kier molecular flexibility index (Phi) is 25.1. The molecule has 0 radical (unpaired) electrons. The third-order valence-corrected chi connectivity index (χ3v) is 8.85. The van der Waals surface area contributed by atoms with Gasteiger partial charge in [-0.2, -0.15) is 0 Å². The van der Waals surface area contributed by atoms with Gasteiger partial charge in [-0.05, 0) is 25.2 Å². The molecular formula is C37H66O8. The Morgan fingerprint density at radius 1 is 0.778 bits per heavy atom. The van der Waals surface area contributed by atoms with E-state index in [1.807, 2.05) is 6.08 Å². The maximum absolute atomic E-state index is 12.3. The van der Waals surface area contributed by atoms with E-state index in [4.69, 9.17) is 9.47 Å². The fraction of sp³-hybridized carbons (Fsp3) is 0.838. The highest BCUT2D eigenvalue weighted by Crippen LogP contribution is 2.36. The molecule has 1 fully saturated rings. The summed E-state index contributed by atoms with van der Waals surface area (Å²) in [5, 5.41) is 40.6. The summed E-state index contributed by atoms with van der Waals surface area (Å²) in [5.74, 6) is -1.38. The van der Waals surface area contributed by atoms with Crippen LogP contribution in [-0.4, -0.2) is 70.0 Å². The predicted octanol–water partition coefficient (Wildman–Crippen LogP) is 7.11. The van der Waals surface area contributed by atoms with E-state index in [1.54, 1.807) is 18.2 Å². The molecule has 262 valence electrons. The molecule has 0 aromatic carbocycles. The summed E-state index contributed by atoms with van der Waals surface area (Å²) in [6, 6.07) is 0. The van der Waals surface area contributed by atoms with Crippen molar-refractivity contribution in [1.29, 1.82) is 0 Å². The van der Waals surface area contributed by atoms with Gasteiger partial charge < -0.3 is 29.9 Å². The monoisotopic (exact) mass is 638 g/mol. The number of carbonyl (C=O) groups is 2. The van der Waals surface area contributed by atoms with Crippen molar-refractivity contribution in [3.8, 4) is 0 Å². The van der Waals surface area contributed by atoms with Gasteiger partial charge in [0.25, 0.3) is 0 Å². The summed E-state index contributed by atoms with van der Waals surface area (Å²) in [7, 11) is 0. The Bertz CT molecular complexity index is 797. The normalized spacial score (nSPS) is 21.5. The highest BCUT2D eigenvalue weighted by Gasteiger charge is 2.39. The highest BCUT2D eigenvalue weighted by atomic mass is 16.6. The van der Waals surface area contributed by atoms with Gasteiger partial charge in [0, 0.05) is 18.8 Å². The molecule has 0 unspecified atom stereocenters. The van der Waals surface area contributed by atoms with Crippen LogP contribution < -0.4 is 0 Å². The highest BCUT2D eigenvalue weighted by molar-refractivity contribution is 5.71. The number of esters is 2. The van der Waals surface area contributed by atoms with Crippen LogP contribution in [0.15, 0.2) is 24.3 Å². The van der Waals surface area contributed by atoms with Crippen molar-refractivity contribution in [2.45, 2.75) is 173 Å². The minimum absolute atomic E-state index is 0.0224. The third kappa shape index (κ3) is 20.9. The molecule has 8 nitrogen and oxygen atoms in total. The van der Waals surface area contributed by atoms with Crippen LogP contribution in [-0.2, 0) is 19.1 Å². The Morgan fingerprint density at radius 2 is 1.36 bits per heavy atom. The smallest absolute Gasteiger partial charge is 0.310 e. The van der Waals surface area contributed by atoms with Crippen molar-refractivity contribution in [3.05, 3.63) is 24.3 Å². The minimum atomic E-state index is -0.911. The quantitative estimate of drug-likeness (QED) is 0.0405. The number of hydrogen-bond donors (Lipinski definition) is 4. The number of hydrogen-bond acceptors (Lipinski definition) is 8. The number of aliphatic hydroxyl groups excluding tert-OH is 4. The number of carbonyl (C=O) groups excluding carboxylic acids is 2. The molecule has 0 saturated heterocycles. The lowest BCUT2D eigenvalue weighted by Crippen LogP contribution is -2.28. The zero-order valence-electron chi connectivity index (χ0n) is 28.5. The summed E-state index contributed by atoms with van der Waals surface area (Å²) in [6.45, 7) is 3.75. The lowest BCUT2D eigenvalue weighted by atomic mass is 9.89. The first-order chi connectivity index (χ1) is 21.8. The van der Waals surface area contributed by atoms with Crippen LogP contribution in [0.5, 0.6) is 0 Å². The molecule has 6 atom stereocenters. The number of rotatable bonds is 28. The first-order valence-corrected chi connectivity index (χ1v) is 18.2. The molecule has 1 saturated carbocycles. The molecule has 1 aliphatic rings. The van der Waals surface area contributed by atoms with Crippen molar-refractivity contribution in [2.24, 2.45) is 11.8 Å². The lowest BCUT2D eigenvalue weighted by Gasteiger charge is -2.19. The van der Waals surface area contributed by atoms with Crippen LogP contribution in [0.1, 0.15) is 149 Å². The zero-order valence-corrected chi connectivity index (χ0v) is 28.5. The van der Waals surface area contributed by atoms with Crippen molar-refractivity contribution in [1.82, 2.24) is 0 Å². The molecular weight excluding hydrogens is 572 g/mol. The van der Waals surface area contributed by atoms with Crippen molar-refractivity contribution in [3.63, 3.8) is 0 Å². The molecule has 0 spiro atoms. The van der Waals surface area contributed by atoms with Gasteiger partial charge in [-0.1, -0.05) is 134 Å². The zero-order chi connectivity index (χ0) is 33.1. The fourth-order valence-corrected chi connectivity index (χ4v) is 6.00. The fourth-order valence-electron chi connectivity index (χ4n) is 6.00. The first kappa shape index (κ1) is 41.3. The Morgan fingerprint density at radius 3 is 1.96 bits per heavy atom. The number of aliphatic hydroxyl groups is 4. The van der Waals surface area contributed by atoms with E-state index >= 15 is 0 Å². The second kappa shape index (κ2) is 27.4. The summed E-state index contributed by atoms with van der Waals surface area (Å²) >= 11 is 0. The number of allylic oxidation sites excluding steroid dienone is 1. The Balaban J connectivity index is 2.20. The van der Waals surface area contributed by atoms with Gasteiger partial charge in [0.05, 0.1) is 31.3 Å². The van der Waals surface area contributed by atoms with Gasteiger partial charge in [-0.25, -0.2) is 0 Å². The van der Waals surface area contributed by atoms with Crippen molar-refractivity contribution < 1.29 is 39.5 Å². The lowest BCUT2D eigenvalue weighted by molar-refractivity contribution is -0.160. The van der Waals surface area contributed by atoms with Gasteiger partial charge in [-0.15, -0.1) is 0 Å². The van der Waals surface area contributed by atoms with Crippen molar-refractivity contribution in [2.75, 3.05) is 13.2 Å². The number of ether oxygens (including phenoxy) is 2. The summed E-state index contributed by atoms with van der Waals surface area (Å²) in [4.78, 5) is 24.4. The standard InChI is InChI=1S/C37H66O8/c1-3-5-7-8-9-10-11-12-13-14-15-16-18-23-36(42)44-29-31(28-38)45-37(43)24-20-19-22-32-33(35(41)27-34(32)40)26-25-30(39)21-17-6-4-2/h19-20,25-26,30-35,38-41H,3-18,21-24,27-29H2,1-2H3/b20-19-,26-25+/t30-,31+,32+,33-,34+,35-/m1/s1. The van der Waals surface area contributed by atoms with Gasteiger partial charge in [0.15, 0.2) is 6.10 Å². The van der Waals surface area contributed by atoms with Gasteiger partial charge in [-0.3, -0.25) is 9.59 Å². The molecule has 0 amide bonds. The van der Waals surface area contributed by atoms with Gasteiger partial charge >= 0.3 is 11.9 Å². The van der Waals surface area contributed by atoms with Crippen LogP contribution in [0.25, 0.3) is 0 Å². The maximum atomic E-state index is 12.3.